The third-order valence-electron chi connectivity index (χ3n) is 5.08. The predicted octanol–water partition coefficient (Wildman–Crippen LogP) is 1.15. The highest BCUT2D eigenvalue weighted by Gasteiger charge is 2.56. The average molecular weight is 388 g/mol. The van der Waals surface area contributed by atoms with Crippen LogP contribution in [0.5, 0.6) is 0 Å². The summed E-state index contributed by atoms with van der Waals surface area (Å²) in [7, 11) is 0. The molecule has 2 saturated heterocycles. The summed E-state index contributed by atoms with van der Waals surface area (Å²) in [6, 6.07) is 7.55. The molecule has 0 aliphatic carbocycles. The Balaban J connectivity index is 1.46. The van der Waals surface area contributed by atoms with E-state index in [0.717, 1.165) is 18.4 Å². The second kappa shape index (κ2) is 7.36. The molecule has 27 heavy (non-hydrogen) atoms. The first kappa shape index (κ1) is 18.1. The first-order valence-corrected chi connectivity index (χ1v) is 9.86. The number of aliphatic carboxylic acids is 1. The Labute approximate surface area is 160 Å². The number of hydrogen-bond donors (Lipinski definition) is 2. The van der Waals surface area contributed by atoms with Gasteiger partial charge >= 0.3 is 5.97 Å². The number of hydrogen-bond acceptors (Lipinski definition) is 5. The van der Waals surface area contributed by atoms with Gasteiger partial charge in [0.05, 0.1) is 12.5 Å². The van der Waals surface area contributed by atoms with Gasteiger partial charge in [0, 0.05) is 6.61 Å². The van der Waals surface area contributed by atoms with Crippen LogP contribution in [0.4, 0.5) is 0 Å². The minimum atomic E-state index is -1.07. The number of rotatable bonds is 5. The van der Waals surface area contributed by atoms with Crippen LogP contribution < -0.4 is 5.32 Å². The van der Waals surface area contributed by atoms with Gasteiger partial charge in [-0.25, -0.2) is 4.79 Å². The second-order valence-electron chi connectivity index (χ2n) is 6.84. The van der Waals surface area contributed by atoms with Gasteiger partial charge in [-0.3, -0.25) is 9.59 Å². The van der Waals surface area contributed by atoms with Crippen LogP contribution in [-0.2, 0) is 25.5 Å². The molecule has 2 N–H and O–H groups in total. The van der Waals surface area contributed by atoms with E-state index in [9.17, 15) is 19.5 Å². The largest absolute Gasteiger partial charge is 0.479 e. The molecular weight excluding hydrogens is 368 g/mol. The maximum atomic E-state index is 12.6. The Hall–Kier alpha value is -2.32. The highest BCUT2D eigenvalue weighted by molar-refractivity contribution is 8.03. The molecule has 0 saturated carbocycles. The number of carboxylic acids is 1. The van der Waals surface area contributed by atoms with E-state index in [1.54, 1.807) is 5.41 Å². The van der Waals surface area contributed by atoms with Crippen LogP contribution in [0.2, 0.25) is 0 Å². The molecule has 8 heteroatoms. The van der Waals surface area contributed by atoms with Crippen molar-refractivity contribution < 1.29 is 24.2 Å². The molecule has 7 nitrogen and oxygen atoms in total. The number of β-lactam (4-membered cyclic amide) rings is 1. The molecule has 0 radical (unpaired) electrons. The maximum Gasteiger partial charge on any atom is 0.330 e. The summed E-state index contributed by atoms with van der Waals surface area (Å²) in [5.41, 5.74) is 1.49. The number of fused-ring (bicyclic) bond motifs is 1. The smallest absolute Gasteiger partial charge is 0.330 e. The molecule has 2 amide bonds. The Morgan fingerprint density at radius 3 is 2.74 bits per heavy atom. The van der Waals surface area contributed by atoms with Crippen molar-refractivity contribution in [3.8, 4) is 0 Å². The van der Waals surface area contributed by atoms with Crippen molar-refractivity contribution in [2.75, 3.05) is 6.61 Å². The van der Waals surface area contributed by atoms with Crippen molar-refractivity contribution in [2.24, 2.45) is 0 Å². The van der Waals surface area contributed by atoms with E-state index in [1.807, 2.05) is 30.3 Å². The van der Waals surface area contributed by atoms with Crippen LogP contribution in [0.15, 0.2) is 41.3 Å². The number of amides is 2. The summed E-state index contributed by atoms with van der Waals surface area (Å²) in [6.07, 6.45) is 1.58. The maximum absolute atomic E-state index is 12.6. The first-order valence-electron chi connectivity index (χ1n) is 8.91. The van der Waals surface area contributed by atoms with E-state index in [-0.39, 0.29) is 24.3 Å². The highest BCUT2D eigenvalue weighted by Crippen LogP contribution is 2.42. The molecule has 1 aromatic carbocycles. The van der Waals surface area contributed by atoms with Gasteiger partial charge in [-0.1, -0.05) is 30.3 Å². The summed E-state index contributed by atoms with van der Waals surface area (Å²) in [6.45, 7) is 0.606. The third-order valence-corrected chi connectivity index (χ3v) is 6.26. The zero-order valence-electron chi connectivity index (χ0n) is 14.5. The van der Waals surface area contributed by atoms with Crippen LogP contribution in [0.1, 0.15) is 18.4 Å². The van der Waals surface area contributed by atoms with Gasteiger partial charge in [-0.2, -0.15) is 0 Å². The number of nitrogens with one attached hydrogen (secondary N) is 1. The molecule has 2 fully saturated rings. The van der Waals surface area contributed by atoms with E-state index in [1.165, 1.54) is 16.7 Å². The minimum absolute atomic E-state index is 0.182. The SMILES string of the molecule is O=C(Cc1ccccc1)N[C@@H]1C(=O)N2C(C(=O)O)C(C3CCCO3)=CS[C@H]12. The van der Waals surface area contributed by atoms with E-state index < -0.39 is 23.4 Å². The average Bonchev–Trinajstić information content (AvgIpc) is 3.20. The van der Waals surface area contributed by atoms with Gasteiger partial charge < -0.3 is 20.1 Å². The van der Waals surface area contributed by atoms with Crippen molar-refractivity contribution in [3.05, 3.63) is 46.9 Å². The van der Waals surface area contributed by atoms with Crippen molar-refractivity contribution in [1.82, 2.24) is 10.2 Å². The molecule has 0 aromatic heterocycles. The lowest BCUT2D eigenvalue weighted by molar-refractivity contribution is -0.160. The Bertz CT molecular complexity index is 791. The number of carbonyl (C=O) groups excluding carboxylic acids is 2. The van der Waals surface area contributed by atoms with E-state index in [2.05, 4.69) is 5.32 Å². The Morgan fingerprint density at radius 2 is 2.07 bits per heavy atom. The second-order valence-corrected chi connectivity index (χ2v) is 7.83. The molecule has 3 heterocycles. The van der Waals surface area contributed by atoms with Crippen LogP contribution in [0, 0.1) is 0 Å². The zero-order chi connectivity index (χ0) is 19.0. The van der Waals surface area contributed by atoms with Gasteiger partial charge in [0.15, 0.2) is 6.04 Å². The summed E-state index contributed by atoms with van der Waals surface area (Å²) in [5, 5.41) is 13.8. The van der Waals surface area contributed by atoms with E-state index in [4.69, 9.17) is 4.74 Å². The molecule has 0 bridgehead atoms. The molecule has 4 rings (SSSR count). The molecule has 4 atom stereocenters. The van der Waals surface area contributed by atoms with Crippen molar-refractivity contribution >= 4 is 29.5 Å². The summed E-state index contributed by atoms with van der Waals surface area (Å²) in [5.74, 6) is -1.67. The molecule has 0 spiro atoms. The lowest BCUT2D eigenvalue weighted by Gasteiger charge is -2.52. The van der Waals surface area contributed by atoms with Crippen molar-refractivity contribution in [1.29, 1.82) is 0 Å². The number of thioether (sulfide) groups is 1. The van der Waals surface area contributed by atoms with Gasteiger partial charge in [0.1, 0.15) is 11.4 Å². The predicted molar refractivity (Wildman–Crippen MR) is 98.8 cm³/mol. The fourth-order valence-electron chi connectivity index (χ4n) is 3.77. The van der Waals surface area contributed by atoms with Gasteiger partial charge in [-0.15, -0.1) is 11.8 Å². The molecular formula is C19H20N2O5S. The lowest BCUT2D eigenvalue weighted by Crippen LogP contribution is -2.74. The van der Waals surface area contributed by atoms with E-state index in [0.29, 0.717) is 12.2 Å². The van der Waals surface area contributed by atoms with Crippen molar-refractivity contribution in [3.63, 3.8) is 0 Å². The number of carboxylic acid groups (broad SMARTS) is 1. The standard InChI is InChI=1S/C19H20N2O5S/c22-14(9-11-5-2-1-3-6-11)20-15-17(23)21-16(19(24)25)12(10-27-18(15)21)13-7-4-8-26-13/h1-3,5-6,10,13,15-16,18H,4,7-9H2,(H,20,22)(H,24,25)/t13?,15-,16?,18-/m1/s1. The van der Waals surface area contributed by atoms with Gasteiger partial charge in [-0.05, 0) is 29.4 Å². The topological polar surface area (TPSA) is 95.9 Å². The minimum Gasteiger partial charge on any atom is -0.479 e. The van der Waals surface area contributed by atoms with Crippen LogP contribution >= 0.6 is 11.8 Å². The van der Waals surface area contributed by atoms with E-state index >= 15 is 0 Å². The first-order chi connectivity index (χ1) is 13.1. The molecule has 2 unspecified atom stereocenters. The fourth-order valence-corrected chi connectivity index (χ4v) is 5.05. The van der Waals surface area contributed by atoms with Crippen LogP contribution in [-0.4, -0.2) is 58.0 Å². The summed E-state index contributed by atoms with van der Waals surface area (Å²) >= 11 is 1.37. The van der Waals surface area contributed by atoms with Gasteiger partial charge in [0.25, 0.3) is 0 Å². The van der Waals surface area contributed by atoms with Crippen molar-refractivity contribution in [2.45, 2.75) is 42.8 Å². The monoisotopic (exact) mass is 388 g/mol. The summed E-state index contributed by atoms with van der Waals surface area (Å²) in [4.78, 5) is 38.1. The molecule has 142 valence electrons. The highest BCUT2D eigenvalue weighted by atomic mass is 32.2. The third kappa shape index (κ3) is 3.35. The number of benzene rings is 1. The number of nitrogens with zero attached hydrogens (tertiary/aromatic N) is 1. The van der Waals surface area contributed by atoms with Gasteiger partial charge in [0.2, 0.25) is 11.8 Å². The number of carbonyl (C=O) groups is 3. The quantitative estimate of drug-likeness (QED) is 0.735. The normalized spacial score (nSPS) is 29.6. The summed E-state index contributed by atoms with van der Waals surface area (Å²) < 4.78 is 5.62. The Kier molecular flexibility index (Phi) is 4.92. The lowest BCUT2D eigenvalue weighted by atomic mass is 9.94. The fraction of sp³-hybridized carbons (Fsp3) is 0.421. The zero-order valence-corrected chi connectivity index (χ0v) is 15.4. The van der Waals surface area contributed by atoms with Crippen LogP contribution in [0.3, 0.4) is 0 Å². The molecule has 1 aromatic rings. The Morgan fingerprint density at radius 1 is 1.30 bits per heavy atom. The molecule has 3 aliphatic rings. The number of ether oxygens (including phenoxy) is 1. The molecule has 3 aliphatic heterocycles. The van der Waals surface area contributed by atoms with Crippen LogP contribution in [0.25, 0.3) is 0 Å².